The fourth-order valence-electron chi connectivity index (χ4n) is 5.42. The van der Waals surface area contributed by atoms with Crippen molar-refractivity contribution < 1.29 is 29.3 Å². The number of benzene rings is 4. The third kappa shape index (κ3) is 8.10. The highest BCUT2D eigenvalue weighted by atomic mass is 16.5. The molecule has 4 aromatic carbocycles. The lowest BCUT2D eigenvalue weighted by Gasteiger charge is -2.35. The number of ether oxygens (including phenoxy) is 2. The molecule has 0 aromatic heterocycles. The Bertz CT molecular complexity index is 1600. The van der Waals surface area contributed by atoms with Crippen molar-refractivity contribution in [3.8, 4) is 23.0 Å². The average Bonchev–Trinajstić information content (AvgIpc) is 3.09. The molecule has 8 heteroatoms. The van der Waals surface area contributed by atoms with Crippen molar-refractivity contribution in [1.29, 1.82) is 0 Å². The lowest BCUT2D eigenvalue weighted by molar-refractivity contribution is 0.103. The molecular formula is C38H38N2O6. The van der Waals surface area contributed by atoms with Crippen LogP contribution in [0.15, 0.2) is 97.1 Å². The normalized spacial score (nSPS) is 14.1. The minimum Gasteiger partial charge on any atom is -0.504 e. The lowest BCUT2D eigenvalue weighted by atomic mass is 10.0. The number of hydrogen-bond donors (Lipinski definition) is 2. The van der Waals surface area contributed by atoms with Crippen LogP contribution < -0.4 is 9.47 Å². The van der Waals surface area contributed by atoms with Gasteiger partial charge in [-0.05, 0) is 47.5 Å². The Morgan fingerprint density at radius 1 is 0.630 bits per heavy atom. The number of nitrogens with zero attached hydrogens (tertiary/aromatic N) is 2. The molecule has 0 bridgehead atoms. The highest BCUT2D eigenvalue weighted by molar-refractivity contribution is 6.08. The Hall–Kier alpha value is -5.18. The molecule has 5 rings (SSSR count). The van der Waals surface area contributed by atoms with Gasteiger partial charge in [-0.15, -0.1) is 0 Å². The first kappa shape index (κ1) is 32.2. The van der Waals surface area contributed by atoms with Gasteiger partial charge in [0.05, 0.1) is 14.2 Å². The van der Waals surface area contributed by atoms with Gasteiger partial charge in [-0.2, -0.15) is 0 Å². The predicted octanol–water partition coefficient (Wildman–Crippen LogP) is 6.23. The quantitative estimate of drug-likeness (QED) is 0.143. The summed E-state index contributed by atoms with van der Waals surface area (Å²) >= 11 is 0. The average molecular weight is 619 g/mol. The molecule has 1 saturated heterocycles. The van der Waals surface area contributed by atoms with E-state index in [0.29, 0.717) is 61.5 Å². The zero-order chi connectivity index (χ0) is 32.5. The van der Waals surface area contributed by atoms with Crippen LogP contribution in [0.4, 0.5) is 0 Å². The third-order valence-corrected chi connectivity index (χ3v) is 8.02. The Balaban J connectivity index is 1.24. The second-order valence-electron chi connectivity index (χ2n) is 11.1. The SMILES string of the molecule is COc1cc(C(=O)/C=C/c2ccccc2)cc(CN2CCN(Cc3cc(C(=O)/C=C/c4ccccc4)cc(OC)c3O)CC2)c1O. The summed E-state index contributed by atoms with van der Waals surface area (Å²) in [5.74, 6) is 0.191. The van der Waals surface area contributed by atoms with E-state index < -0.39 is 0 Å². The largest absolute Gasteiger partial charge is 0.504 e. The predicted molar refractivity (Wildman–Crippen MR) is 179 cm³/mol. The number of phenolic OH excluding ortho intramolecular Hbond substituents is 2. The molecule has 0 saturated carbocycles. The number of piperazine rings is 1. The van der Waals surface area contributed by atoms with Gasteiger partial charge in [0.1, 0.15) is 0 Å². The van der Waals surface area contributed by atoms with E-state index in [1.807, 2.05) is 60.7 Å². The lowest BCUT2D eigenvalue weighted by Crippen LogP contribution is -2.45. The van der Waals surface area contributed by atoms with E-state index in [4.69, 9.17) is 9.47 Å². The molecule has 1 fully saturated rings. The van der Waals surface area contributed by atoms with Crippen LogP contribution in [0, 0.1) is 0 Å². The van der Waals surface area contributed by atoms with E-state index in [9.17, 15) is 19.8 Å². The number of aromatic hydroxyl groups is 2. The number of carbonyl (C=O) groups is 2. The minimum absolute atomic E-state index is 0.0216. The van der Waals surface area contributed by atoms with E-state index in [2.05, 4.69) is 9.80 Å². The monoisotopic (exact) mass is 618 g/mol. The molecule has 1 heterocycles. The first-order chi connectivity index (χ1) is 22.3. The maximum atomic E-state index is 13.0. The zero-order valence-electron chi connectivity index (χ0n) is 26.1. The highest BCUT2D eigenvalue weighted by Crippen LogP contribution is 2.34. The molecule has 0 unspecified atom stereocenters. The molecule has 8 nitrogen and oxygen atoms in total. The van der Waals surface area contributed by atoms with Crippen molar-refractivity contribution in [1.82, 2.24) is 9.80 Å². The number of methoxy groups -OCH3 is 2. The van der Waals surface area contributed by atoms with Crippen LogP contribution in [0.3, 0.4) is 0 Å². The van der Waals surface area contributed by atoms with E-state index in [0.717, 1.165) is 11.1 Å². The summed E-state index contributed by atoms with van der Waals surface area (Å²) in [6.45, 7) is 3.68. The van der Waals surface area contributed by atoms with Crippen LogP contribution in [0.2, 0.25) is 0 Å². The van der Waals surface area contributed by atoms with Crippen molar-refractivity contribution in [3.63, 3.8) is 0 Å². The molecule has 0 aliphatic carbocycles. The van der Waals surface area contributed by atoms with Crippen LogP contribution in [0.5, 0.6) is 23.0 Å². The van der Waals surface area contributed by atoms with Crippen molar-refractivity contribution in [3.05, 3.63) is 130 Å². The van der Waals surface area contributed by atoms with Gasteiger partial charge in [-0.25, -0.2) is 0 Å². The molecule has 2 N–H and O–H groups in total. The first-order valence-electron chi connectivity index (χ1n) is 15.1. The van der Waals surface area contributed by atoms with Crippen molar-refractivity contribution >= 4 is 23.7 Å². The van der Waals surface area contributed by atoms with Gasteiger partial charge in [-0.1, -0.05) is 72.8 Å². The number of rotatable bonds is 12. The molecule has 236 valence electrons. The standard InChI is InChI=1S/C38H38N2O6/c1-45-35-23-29(33(41)15-13-27-9-5-3-6-10-27)21-31(37(35)43)25-39-17-19-40(20-18-39)26-32-22-30(24-36(46-2)38(32)44)34(42)16-14-28-11-7-4-8-12-28/h3-16,21-24,43-44H,17-20,25-26H2,1-2H3/b15-13+,16-14+. The zero-order valence-corrected chi connectivity index (χ0v) is 26.1. The van der Waals surface area contributed by atoms with Crippen LogP contribution in [-0.2, 0) is 13.1 Å². The molecule has 0 radical (unpaired) electrons. The van der Waals surface area contributed by atoms with E-state index in [-0.39, 0.29) is 34.6 Å². The molecular weight excluding hydrogens is 580 g/mol. The minimum atomic E-state index is -0.181. The van der Waals surface area contributed by atoms with Crippen molar-refractivity contribution in [2.45, 2.75) is 13.1 Å². The molecule has 46 heavy (non-hydrogen) atoms. The third-order valence-electron chi connectivity index (χ3n) is 8.02. The van der Waals surface area contributed by atoms with E-state index >= 15 is 0 Å². The Morgan fingerprint density at radius 3 is 1.35 bits per heavy atom. The summed E-state index contributed by atoms with van der Waals surface area (Å²) in [5, 5.41) is 21.7. The van der Waals surface area contributed by atoms with E-state index in [1.54, 1.807) is 36.4 Å². The Kier molecular flexibility index (Phi) is 10.7. The van der Waals surface area contributed by atoms with E-state index in [1.165, 1.54) is 26.4 Å². The summed E-state index contributed by atoms with van der Waals surface area (Å²) in [6.07, 6.45) is 6.58. The molecule has 0 spiro atoms. The number of ketones is 2. The van der Waals surface area contributed by atoms with Crippen molar-refractivity contribution in [2.75, 3.05) is 40.4 Å². The highest BCUT2D eigenvalue weighted by Gasteiger charge is 2.23. The van der Waals surface area contributed by atoms with Crippen LogP contribution in [0.25, 0.3) is 12.2 Å². The molecule has 1 aliphatic heterocycles. The van der Waals surface area contributed by atoms with Gasteiger partial charge in [0.15, 0.2) is 34.6 Å². The maximum Gasteiger partial charge on any atom is 0.186 e. The number of allylic oxidation sites excluding steroid dienone is 2. The summed E-state index contributed by atoms with van der Waals surface area (Å²) in [5.41, 5.74) is 3.94. The Morgan fingerprint density at radius 2 is 1.00 bits per heavy atom. The first-order valence-corrected chi connectivity index (χ1v) is 15.1. The van der Waals surface area contributed by atoms with Gasteiger partial charge < -0.3 is 19.7 Å². The summed E-state index contributed by atoms with van der Waals surface area (Å²) < 4.78 is 10.8. The number of hydrogen-bond acceptors (Lipinski definition) is 8. The number of phenols is 2. The summed E-state index contributed by atoms with van der Waals surface area (Å²) in [7, 11) is 2.94. The smallest absolute Gasteiger partial charge is 0.186 e. The van der Waals surface area contributed by atoms with Gasteiger partial charge in [-0.3, -0.25) is 19.4 Å². The molecule has 0 amide bonds. The summed E-state index contributed by atoms with van der Waals surface area (Å²) in [4.78, 5) is 30.4. The molecule has 0 atom stereocenters. The topological polar surface area (TPSA) is 99.5 Å². The Labute approximate surface area is 269 Å². The molecule has 1 aliphatic rings. The fraction of sp³-hybridized carbons (Fsp3) is 0.211. The van der Waals surface area contributed by atoms with Crippen molar-refractivity contribution in [2.24, 2.45) is 0 Å². The van der Waals surface area contributed by atoms with Gasteiger partial charge in [0, 0.05) is 61.5 Å². The van der Waals surface area contributed by atoms with Gasteiger partial charge >= 0.3 is 0 Å². The van der Waals surface area contributed by atoms with Crippen LogP contribution >= 0.6 is 0 Å². The molecule has 4 aromatic rings. The second kappa shape index (κ2) is 15.2. The van der Waals surface area contributed by atoms with Crippen LogP contribution in [-0.4, -0.2) is 72.0 Å². The van der Waals surface area contributed by atoms with Gasteiger partial charge in [0.25, 0.3) is 0 Å². The van der Waals surface area contributed by atoms with Gasteiger partial charge in [0.2, 0.25) is 0 Å². The summed E-state index contributed by atoms with van der Waals surface area (Å²) in [6, 6.07) is 25.7. The van der Waals surface area contributed by atoms with Crippen LogP contribution in [0.1, 0.15) is 43.0 Å². The fourth-order valence-corrected chi connectivity index (χ4v) is 5.42. The number of carbonyl (C=O) groups excluding carboxylic acids is 2. The second-order valence-corrected chi connectivity index (χ2v) is 11.1. The maximum absolute atomic E-state index is 13.0.